The lowest BCUT2D eigenvalue weighted by Gasteiger charge is -2.23. The molecule has 0 bridgehead atoms. The summed E-state index contributed by atoms with van der Waals surface area (Å²) in [5, 5.41) is 9.24. The van der Waals surface area contributed by atoms with Crippen LogP contribution in [0.4, 0.5) is 0 Å². The van der Waals surface area contributed by atoms with E-state index in [1.54, 1.807) is 0 Å². The van der Waals surface area contributed by atoms with Crippen LogP contribution in [-0.4, -0.2) is 38.8 Å². The zero-order valence-corrected chi connectivity index (χ0v) is 10.7. The Hall–Kier alpha value is -2.24. The molecule has 1 aliphatic heterocycles. The number of hydrogen-bond acceptors (Lipinski definition) is 4. The summed E-state index contributed by atoms with van der Waals surface area (Å²) in [6.45, 7) is 3.69. The van der Waals surface area contributed by atoms with Crippen molar-refractivity contribution in [1.82, 2.24) is 9.88 Å². The molecule has 2 heterocycles. The van der Waals surface area contributed by atoms with Gasteiger partial charge in [0.2, 0.25) is 0 Å². The number of carboxylic acid groups (broad SMARTS) is 1. The summed E-state index contributed by atoms with van der Waals surface area (Å²) in [7, 11) is 0. The summed E-state index contributed by atoms with van der Waals surface area (Å²) in [5.41, 5.74) is 0.387. The van der Waals surface area contributed by atoms with Crippen molar-refractivity contribution >= 4 is 17.8 Å². The first-order valence-corrected chi connectivity index (χ1v) is 5.98. The van der Waals surface area contributed by atoms with Gasteiger partial charge in [-0.15, -0.1) is 0 Å². The Balaban J connectivity index is 2.39. The molecule has 0 aromatic carbocycles. The number of carboxylic acids is 1. The molecule has 1 aromatic heterocycles. The molecule has 0 saturated heterocycles. The molecule has 100 valence electrons. The average Bonchev–Trinajstić information content (AvgIpc) is 2.60. The molecule has 0 spiro atoms. The molecular formula is C13H14N2O4. The molecule has 1 aliphatic rings. The topological polar surface area (TPSA) is 87.6 Å². The molecule has 0 radical (unpaired) electrons. The van der Waals surface area contributed by atoms with Crippen LogP contribution in [0, 0.1) is 5.92 Å². The summed E-state index contributed by atoms with van der Waals surface area (Å²) in [4.78, 5) is 40.2. The van der Waals surface area contributed by atoms with E-state index in [1.165, 1.54) is 18.5 Å². The number of imide groups is 1. The average molecular weight is 262 g/mol. The maximum Gasteiger partial charge on any atom is 0.326 e. The van der Waals surface area contributed by atoms with Gasteiger partial charge in [-0.2, -0.15) is 0 Å². The summed E-state index contributed by atoms with van der Waals surface area (Å²) in [5.74, 6) is -2.25. The number of carbonyl (C=O) groups is 3. The Morgan fingerprint density at radius 2 is 1.95 bits per heavy atom. The first kappa shape index (κ1) is 13.2. The van der Waals surface area contributed by atoms with E-state index < -0.39 is 23.8 Å². The third-order valence-electron chi connectivity index (χ3n) is 3.01. The number of nitrogens with zero attached hydrogens (tertiary/aromatic N) is 2. The predicted octanol–water partition coefficient (Wildman–Crippen LogP) is 1.18. The fourth-order valence-corrected chi connectivity index (χ4v) is 2.15. The molecule has 1 unspecified atom stereocenters. The van der Waals surface area contributed by atoms with Crippen LogP contribution < -0.4 is 0 Å². The van der Waals surface area contributed by atoms with Crippen LogP contribution in [0.15, 0.2) is 18.5 Å². The van der Waals surface area contributed by atoms with Crippen molar-refractivity contribution < 1.29 is 19.5 Å². The van der Waals surface area contributed by atoms with Crippen LogP contribution in [0.3, 0.4) is 0 Å². The van der Waals surface area contributed by atoms with Gasteiger partial charge in [0.1, 0.15) is 6.04 Å². The van der Waals surface area contributed by atoms with Crippen molar-refractivity contribution in [2.24, 2.45) is 5.92 Å². The van der Waals surface area contributed by atoms with E-state index in [-0.39, 0.29) is 23.5 Å². The molecule has 0 fully saturated rings. The molecule has 0 aliphatic carbocycles. The summed E-state index contributed by atoms with van der Waals surface area (Å²) >= 11 is 0. The highest BCUT2D eigenvalue weighted by molar-refractivity contribution is 6.22. The highest BCUT2D eigenvalue weighted by atomic mass is 16.4. The smallest absolute Gasteiger partial charge is 0.326 e. The van der Waals surface area contributed by atoms with Crippen molar-refractivity contribution in [2.45, 2.75) is 26.3 Å². The van der Waals surface area contributed by atoms with E-state index in [0.29, 0.717) is 0 Å². The molecule has 1 atom stereocenters. The van der Waals surface area contributed by atoms with Gasteiger partial charge >= 0.3 is 5.97 Å². The Morgan fingerprint density at radius 3 is 2.47 bits per heavy atom. The second-order valence-electron chi connectivity index (χ2n) is 4.89. The van der Waals surface area contributed by atoms with Gasteiger partial charge < -0.3 is 5.11 Å². The van der Waals surface area contributed by atoms with Gasteiger partial charge in [-0.3, -0.25) is 19.5 Å². The van der Waals surface area contributed by atoms with Crippen molar-refractivity contribution in [2.75, 3.05) is 0 Å². The zero-order valence-electron chi connectivity index (χ0n) is 10.7. The Morgan fingerprint density at radius 1 is 1.32 bits per heavy atom. The van der Waals surface area contributed by atoms with Gasteiger partial charge in [0.25, 0.3) is 11.8 Å². The third kappa shape index (κ3) is 2.21. The number of pyridine rings is 1. The Bertz CT molecular complexity index is 518. The minimum absolute atomic E-state index is 0.0588. The van der Waals surface area contributed by atoms with Gasteiger partial charge in [0, 0.05) is 12.4 Å². The number of amides is 2. The van der Waals surface area contributed by atoms with Gasteiger partial charge in [0.05, 0.1) is 11.1 Å². The molecule has 19 heavy (non-hydrogen) atoms. The van der Waals surface area contributed by atoms with Crippen LogP contribution in [0.25, 0.3) is 0 Å². The van der Waals surface area contributed by atoms with Crippen LogP contribution in [0.1, 0.15) is 41.0 Å². The van der Waals surface area contributed by atoms with Gasteiger partial charge in [-0.1, -0.05) is 13.8 Å². The normalized spacial score (nSPS) is 15.8. The van der Waals surface area contributed by atoms with Gasteiger partial charge in [-0.05, 0) is 18.4 Å². The van der Waals surface area contributed by atoms with Crippen molar-refractivity contribution in [3.63, 3.8) is 0 Å². The molecule has 2 rings (SSSR count). The Labute approximate surface area is 110 Å². The molecule has 1 N–H and O–H groups in total. The lowest BCUT2D eigenvalue weighted by atomic mass is 10.0. The number of aromatic nitrogens is 1. The molecule has 2 amide bonds. The fraction of sp³-hybridized carbons (Fsp3) is 0.385. The van der Waals surface area contributed by atoms with Crippen LogP contribution in [0.2, 0.25) is 0 Å². The minimum atomic E-state index is -1.17. The predicted molar refractivity (Wildman–Crippen MR) is 65.6 cm³/mol. The van der Waals surface area contributed by atoms with E-state index >= 15 is 0 Å². The van der Waals surface area contributed by atoms with Gasteiger partial charge in [0.15, 0.2) is 0 Å². The summed E-state index contributed by atoms with van der Waals surface area (Å²) in [6.07, 6.45) is 2.93. The van der Waals surface area contributed by atoms with Crippen molar-refractivity contribution in [3.8, 4) is 0 Å². The number of hydrogen-bond donors (Lipinski definition) is 1. The minimum Gasteiger partial charge on any atom is -0.480 e. The zero-order chi connectivity index (χ0) is 14.2. The molecule has 0 saturated carbocycles. The monoisotopic (exact) mass is 262 g/mol. The first-order valence-electron chi connectivity index (χ1n) is 5.98. The number of carbonyl (C=O) groups excluding carboxylic acids is 2. The maximum absolute atomic E-state index is 12.1. The third-order valence-corrected chi connectivity index (χ3v) is 3.01. The molecule has 1 aromatic rings. The quantitative estimate of drug-likeness (QED) is 0.823. The number of fused-ring (bicyclic) bond motifs is 1. The van der Waals surface area contributed by atoms with Crippen molar-refractivity contribution in [3.05, 3.63) is 29.6 Å². The van der Waals surface area contributed by atoms with E-state index in [1.807, 2.05) is 13.8 Å². The largest absolute Gasteiger partial charge is 0.480 e. The van der Waals surface area contributed by atoms with Crippen molar-refractivity contribution in [1.29, 1.82) is 0 Å². The Kier molecular flexibility index (Phi) is 3.33. The van der Waals surface area contributed by atoms with E-state index in [2.05, 4.69) is 4.98 Å². The maximum atomic E-state index is 12.1. The molecule has 6 nitrogen and oxygen atoms in total. The number of rotatable bonds is 4. The second kappa shape index (κ2) is 4.79. The van der Waals surface area contributed by atoms with Gasteiger partial charge in [-0.25, -0.2) is 4.79 Å². The van der Waals surface area contributed by atoms with E-state index in [4.69, 9.17) is 0 Å². The SMILES string of the molecule is CC(C)CC(C(=O)O)N1C(=O)c2ccncc2C1=O. The lowest BCUT2D eigenvalue weighted by molar-refractivity contribution is -0.142. The van der Waals surface area contributed by atoms with Crippen LogP contribution in [-0.2, 0) is 4.79 Å². The second-order valence-corrected chi connectivity index (χ2v) is 4.89. The highest BCUT2D eigenvalue weighted by Gasteiger charge is 2.43. The lowest BCUT2D eigenvalue weighted by Crippen LogP contribution is -2.45. The molecular weight excluding hydrogens is 248 g/mol. The first-order chi connectivity index (χ1) is 8.93. The van der Waals surface area contributed by atoms with E-state index in [9.17, 15) is 19.5 Å². The number of aliphatic carboxylic acids is 1. The summed E-state index contributed by atoms with van der Waals surface area (Å²) < 4.78 is 0. The standard InChI is InChI=1S/C13H14N2O4/c1-7(2)5-10(13(18)19)15-11(16)8-3-4-14-6-9(8)12(15)17/h3-4,6-7,10H,5H2,1-2H3,(H,18,19). The molecule has 6 heteroatoms. The fourth-order valence-electron chi connectivity index (χ4n) is 2.15. The van der Waals surface area contributed by atoms with E-state index in [0.717, 1.165) is 4.90 Å². The summed E-state index contributed by atoms with van der Waals surface area (Å²) in [6, 6.07) is 0.302. The van der Waals surface area contributed by atoms with Crippen LogP contribution >= 0.6 is 0 Å². The van der Waals surface area contributed by atoms with Crippen LogP contribution in [0.5, 0.6) is 0 Å². The highest BCUT2D eigenvalue weighted by Crippen LogP contribution is 2.26.